The van der Waals surface area contributed by atoms with Crippen molar-refractivity contribution in [2.24, 2.45) is 5.41 Å². The average Bonchev–Trinajstić information content (AvgIpc) is 3.19. The van der Waals surface area contributed by atoms with Crippen LogP contribution < -0.4 is 5.32 Å². The molecule has 0 saturated heterocycles. The van der Waals surface area contributed by atoms with Crippen LogP contribution in [0.5, 0.6) is 0 Å². The Balaban J connectivity index is 1.63. The van der Waals surface area contributed by atoms with E-state index in [4.69, 9.17) is 4.98 Å². The van der Waals surface area contributed by atoms with Crippen LogP contribution in [0.15, 0.2) is 36.5 Å². The molecule has 0 unspecified atom stereocenters. The van der Waals surface area contributed by atoms with E-state index in [0.29, 0.717) is 5.95 Å². The molecule has 9 heteroatoms. The lowest BCUT2D eigenvalue weighted by Gasteiger charge is -2.37. The molecule has 33 heavy (non-hydrogen) atoms. The summed E-state index contributed by atoms with van der Waals surface area (Å²) in [7, 11) is 0. The van der Waals surface area contributed by atoms with Crippen LogP contribution in [0.4, 0.5) is 14.7 Å². The van der Waals surface area contributed by atoms with Crippen molar-refractivity contribution in [3.8, 4) is 11.3 Å². The first-order valence-electron chi connectivity index (χ1n) is 11.0. The summed E-state index contributed by atoms with van der Waals surface area (Å²) >= 11 is 0. The van der Waals surface area contributed by atoms with E-state index < -0.39 is 23.1 Å². The fourth-order valence-corrected chi connectivity index (χ4v) is 5.75. The van der Waals surface area contributed by atoms with Crippen LogP contribution in [0, 0.1) is 17.0 Å². The number of aliphatic hydroxyl groups is 2. The van der Waals surface area contributed by atoms with Gasteiger partial charge in [0.25, 0.3) is 0 Å². The SMILES string of the molecule is CC1(C)[C@H]2CC[C@]1(c1ccnc(NC(CO)CO)n1)c1nnc(-c3c(F)cccc3F)cc12. The van der Waals surface area contributed by atoms with Gasteiger partial charge in [0.15, 0.2) is 0 Å². The molecule has 172 valence electrons. The number of nitrogens with one attached hydrogen (secondary N) is 1. The van der Waals surface area contributed by atoms with E-state index in [0.717, 1.165) is 29.8 Å². The van der Waals surface area contributed by atoms with Crippen LogP contribution in [-0.2, 0) is 5.41 Å². The number of anilines is 1. The fourth-order valence-electron chi connectivity index (χ4n) is 5.75. The highest BCUT2D eigenvalue weighted by Crippen LogP contribution is 2.69. The molecule has 0 spiro atoms. The summed E-state index contributed by atoms with van der Waals surface area (Å²) in [6.45, 7) is 3.81. The molecule has 2 aliphatic rings. The minimum atomic E-state index is -0.671. The Hall–Kier alpha value is -3.04. The first-order valence-corrected chi connectivity index (χ1v) is 11.0. The summed E-state index contributed by atoms with van der Waals surface area (Å²) in [4.78, 5) is 8.97. The maximum Gasteiger partial charge on any atom is 0.223 e. The van der Waals surface area contributed by atoms with E-state index in [1.807, 2.05) is 6.07 Å². The Morgan fingerprint density at radius 1 is 1.12 bits per heavy atom. The molecule has 0 amide bonds. The highest BCUT2D eigenvalue weighted by Gasteiger charge is 2.65. The second-order valence-electron chi connectivity index (χ2n) is 9.32. The second kappa shape index (κ2) is 7.78. The van der Waals surface area contributed by atoms with E-state index in [9.17, 15) is 19.0 Å². The van der Waals surface area contributed by atoms with Gasteiger partial charge >= 0.3 is 0 Å². The Labute approximate surface area is 189 Å². The smallest absolute Gasteiger partial charge is 0.223 e. The van der Waals surface area contributed by atoms with Gasteiger partial charge in [0.1, 0.15) is 11.6 Å². The molecular weight excluding hydrogens is 428 g/mol. The lowest BCUT2D eigenvalue weighted by molar-refractivity contribution is 0.203. The van der Waals surface area contributed by atoms with Crippen LogP contribution in [0.2, 0.25) is 0 Å². The number of hydrogen-bond donors (Lipinski definition) is 3. The van der Waals surface area contributed by atoms with Crippen molar-refractivity contribution in [2.45, 2.75) is 44.1 Å². The average molecular weight is 453 g/mol. The molecule has 1 saturated carbocycles. The molecule has 0 radical (unpaired) electrons. The minimum Gasteiger partial charge on any atom is -0.394 e. The first-order chi connectivity index (χ1) is 15.8. The molecule has 3 N–H and O–H groups in total. The molecule has 3 aromatic rings. The third-order valence-corrected chi connectivity index (χ3v) is 7.47. The van der Waals surface area contributed by atoms with Crippen molar-refractivity contribution in [1.82, 2.24) is 20.2 Å². The van der Waals surface area contributed by atoms with Gasteiger partial charge in [-0.2, -0.15) is 5.10 Å². The van der Waals surface area contributed by atoms with Gasteiger partial charge in [-0.1, -0.05) is 19.9 Å². The second-order valence-corrected chi connectivity index (χ2v) is 9.32. The van der Waals surface area contributed by atoms with Gasteiger partial charge in [-0.15, -0.1) is 5.10 Å². The van der Waals surface area contributed by atoms with Gasteiger partial charge < -0.3 is 15.5 Å². The number of aromatic nitrogens is 4. The quantitative estimate of drug-likeness (QED) is 0.527. The Bertz CT molecular complexity index is 1200. The summed E-state index contributed by atoms with van der Waals surface area (Å²) in [6, 6.07) is 6.80. The van der Waals surface area contributed by atoms with Crippen LogP contribution in [0.3, 0.4) is 0 Å². The molecule has 0 aliphatic heterocycles. The Morgan fingerprint density at radius 2 is 1.85 bits per heavy atom. The Kier molecular flexibility index (Phi) is 5.13. The van der Waals surface area contributed by atoms with Crippen molar-refractivity contribution in [2.75, 3.05) is 18.5 Å². The number of aliphatic hydroxyl groups excluding tert-OH is 2. The lowest BCUT2D eigenvalue weighted by atomic mass is 9.66. The number of hydrogen-bond acceptors (Lipinski definition) is 7. The van der Waals surface area contributed by atoms with Crippen molar-refractivity contribution in [3.05, 3.63) is 65.1 Å². The Morgan fingerprint density at radius 3 is 2.55 bits per heavy atom. The third kappa shape index (κ3) is 3.06. The summed E-state index contributed by atoms with van der Waals surface area (Å²) in [6.07, 6.45) is 3.33. The molecular formula is C24H25F2N5O2. The maximum atomic E-state index is 14.4. The summed E-state index contributed by atoms with van der Waals surface area (Å²) in [5, 5.41) is 30.5. The monoisotopic (exact) mass is 453 g/mol. The number of rotatable bonds is 6. The first kappa shape index (κ1) is 21.8. The normalized spacial score (nSPS) is 22.6. The van der Waals surface area contributed by atoms with E-state index in [2.05, 4.69) is 34.3 Å². The van der Waals surface area contributed by atoms with Gasteiger partial charge in [0.2, 0.25) is 5.95 Å². The number of nitrogens with zero attached hydrogens (tertiary/aromatic N) is 4. The zero-order valence-corrected chi connectivity index (χ0v) is 18.4. The van der Waals surface area contributed by atoms with Crippen molar-refractivity contribution >= 4 is 5.95 Å². The maximum absolute atomic E-state index is 14.4. The predicted molar refractivity (Wildman–Crippen MR) is 118 cm³/mol. The van der Waals surface area contributed by atoms with Crippen molar-refractivity contribution < 1.29 is 19.0 Å². The van der Waals surface area contributed by atoms with Gasteiger partial charge in [-0.05, 0) is 54.0 Å². The van der Waals surface area contributed by atoms with Gasteiger partial charge in [-0.3, -0.25) is 0 Å². The minimum absolute atomic E-state index is 0.130. The third-order valence-electron chi connectivity index (χ3n) is 7.47. The van der Waals surface area contributed by atoms with Gasteiger partial charge in [0.05, 0.1) is 47.3 Å². The zero-order chi connectivity index (χ0) is 23.4. The molecule has 7 nitrogen and oxygen atoms in total. The topological polar surface area (TPSA) is 104 Å². The molecule has 2 aromatic heterocycles. The predicted octanol–water partition coefficient (Wildman–Crippen LogP) is 3.18. The fraction of sp³-hybridized carbons (Fsp3) is 0.417. The van der Waals surface area contributed by atoms with Crippen molar-refractivity contribution in [1.29, 1.82) is 0 Å². The summed E-state index contributed by atoms with van der Waals surface area (Å²) < 4.78 is 28.8. The van der Waals surface area contributed by atoms with Gasteiger partial charge in [0, 0.05) is 6.20 Å². The van der Waals surface area contributed by atoms with Crippen LogP contribution in [0.25, 0.3) is 11.3 Å². The van der Waals surface area contributed by atoms with Crippen molar-refractivity contribution in [3.63, 3.8) is 0 Å². The zero-order valence-electron chi connectivity index (χ0n) is 18.4. The van der Waals surface area contributed by atoms with Crippen LogP contribution in [0.1, 0.15) is 49.6 Å². The van der Waals surface area contributed by atoms with E-state index in [1.54, 1.807) is 12.3 Å². The number of fused-ring (bicyclic) bond motifs is 5. The highest BCUT2D eigenvalue weighted by atomic mass is 19.1. The largest absolute Gasteiger partial charge is 0.394 e. The van der Waals surface area contributed by atoms with Gasteiger partial charge in [-0.25, -0.2) is 18.7 Å². The molecule has 1 fully saturated rings. The van der Waals surface area contributed by atoms with Crippen LogP contribution in [-0.4, -0.2) is 49.6 Å². The summed E-state index contributed by atoms with van der Waals surface area (Å²) in [5.74, 6) is -0.906. The number of benzene rings is 1. The lowest BCUT2D eigenvalue weighted by Crippen LogP contribution is -2.38. The van der Waals surface area contributed by atoms with E-state index in [-0.39, 0.29) is 35.8 Å². The highest BCUT2D eigenvalue weighted by molar-refractivity contribution is 5.64. The summed E-state index contributed by atoms with van der Waals surface area (Å²) in [5.41, 5.74) is 1.68. The van der Waals surface area contributed by atoms with E-state index in [1.165, 1.54) is 18.2 Å². The number of halogens is 2. The molecule has 1 aromatic carbocycles. The van der Waals surface area contributed by atoms with E-state index >= 15 is 0 Å². The molecule has 2 atom stereocenters. The molecule has 2 heterocycles. The standard InChI is InChI=1S/C24H25F2N5O2/c1-23(2)15-6-8-24(23,19-7-9-27-22(29-19)28-13(11-32)12-33)21-14(15)10-18(30-31-21)20-16(25)4-3-5-17(20)26/h3-5,7,9-10,13,15,32-33H,6,8,11-12H2,1-2H3,(H,27,28,29)/t15-,24-/m0/s1. The van der Waals surface area contributed by atoms with Crippen LogP contribution >= 0.6 is 0 Å². The molecule has 2 aliphatic carbocycles. The molecule has 2 bridgehead atoms. The molecule has 5 rings (SSSR count).